The first-order valence-electron chi connectivity index (χ1n) is 7.26. The van der Waals surface area contributed by atoms with Gasteiger partial charge in [0.15, 0.2) is 16.6 Å². The van der Waals surface area contributed by atoms with Crippen molar-refractivity contribution < 1.29 is 19.0 Å². The molecule has 0 unspecified atom stereocenters. The molecule has 0 aliphatic rings. The zero-order valence-electron chi connectivity index (χ0n) is 14.1. The van der Waals surface area contributed by atoms with E-state index in [9.17, 15) is 4.79 Å². The van der Waals surface area contributed by atoms with Crippen LogP contribution >= 0.6 is 12.2 Å². The Bertz CT molecular complexity index is 753. The van der Waals surface area contributed by atoms with Gasteiger partial charge >= 0.3 is 0 Å². The fraction of sp³-hybridized carbons (Fsp3) is 0.176. The van der Waals surface area contributed by atoms with Crippen LogP contribution in [0.3, 0.4) is 0 Å². The van der Waals surface area contributed by atoms with Gasteiger partial charge in [-0.2, -0.15) is 0 Å². The number of hydrogen-bond donors (Lipinski definition) is 3. The van der Waals surface area contributed by atoms with Crippen molar-refractivity contribution in [2.45, 2.75) is 0 Å². The second-order valence-electron chi connectivity index (χ2n) is 4.94. The van der Waals surface area contributed by atoms with E-state index in [-0.39, 0.29) is 5.11 Å². The topological polar surface area (TPSA) is 94.8 Å². The Kier molecular flexibility index (Phi) is 6.02. The fourth-order valence-electron chi connectivity index (χ4n) is 2.12. The van der Waals surface area contributed by atoms with Crippen LogP contribution in [0.2, 0.25) is 0 Å². The number of nitrogens with two attached hydrogens (primary N) is 1. The molecule has 0 atom stereocenters. The number of nitrogen functional groups attached to an aromatic ring is 1. The van der Waals surface area contributed by atoms with Crippen molar-refractivity contribution in [1.29, 1.82) is 0 Å². The van der Waals surface area contributed by atoms with Crippen molar-refractivity contribution in [3.63, 3.8) is 0 Å². The number of ether oxygens (including phenoxy) is 3. The Morgan fingerprint density at radius 2 is 1.56 bits per heavy atom. The molecule has 0 radical (unpaired) electrons. The van der Waals surface area contributed by atoms with E-state index in [4.69, 9.17) is 32.2 Å². The van der Waals surface area contributed by atoms with Crippen molar-refractivity contribution in [1.82, 2.24) is 5.32 Å². The zero-order valence-corrected chi connectivity index (χ0v) is 14.9. The Labute approximate surface area is 151 Å². The number of benzene rings is 2. The highest BCUT2D eigenvalue weighted by atomic mass is 32.1. The summed E-state index contributed by atoms with van der Waals surface area (Å²) in [6.45, 7) is 0. The molecule has 25 heavy (non-hydrogen) atoms. The summed E-state index contributed by atoms with van der Waals surface area (Å²) in [5, 5.41) is 5.66. The van der Waals surface area contributed by atoms with Gasteiger partial charge in [-0.05, 0) is 48.6 Å². The molecule has 0 heterocycles. The number of anilines is 2. The summed E-state index contributed by atoms with van der Waals surface area (Å²) in [7, 11) is 4.45. The van der Waals surface area contributed by atoms with Crippen LogP contribution in [0.5, 0.6) is 17.2 Å². The monoisotopic (exact) mass is 361 g/mol. The second kappa shape index (κ2) is 8.20. The molecular formula is C17H19N3O4S. The van der Waals surface area contributed by atoms with Crippen LogP contribution in [0.4, 0.5) is 11.4 Å². The first kappa shape index (κ1) is 18.3. The molecule has 0 fully saturated rings. The molecule has 0 aliphatic carbocycles. The van der Waals surface area contributed by atoms with Gasteiger partial charge in [0, 0.05) is 16.9 Å². The zero-order chi connectivity index (χ0) is 18.4. The Morgan fingerprint density at radius 1 is 1.00 bits per heavy atom. The summed E-state index contributed by atoms with van der Waals surface area (Å²) in [5.74, 6) is 0.755. The highest BCUT2D eigenvalue weighted by Gasteiger charge is 2.17. The minimum atomic E-state index is -0.410. The third-order valence-corrected chi connectivity index (χ3v) is 3.53. The van der Waals surface area contributed by atoms with Crippen molar-refractivity contribution in [2.24, 2.45) is 0 Å². The smallest absolute Gasteiger partial charge is 0.257 e. The van der Waals surface area contributed by atoms with E-state index < -0.39 is 5.91 Å². The highest BCUT2D eigenvalue weighted by Crippen LogP contribution is 2.38. The third kappa shape index (κ3) is 4.51. The lowest BCUT2D eigenvalue weighted by molar-refractivity contribution is 0.0977. The summed E-state index contributed by atoms with van der Waals surface area (Å²) < 4.78 is 15.7. The van der Waals surface area contributed by atoms with Crippen LogP contribution in [0.15, 0.2) is 36.4 Å². The number of carbonyl (C=O) groups is 1. The van der Waals surface area contributed by atoms with Crippen molar-refractivity contribution in [3.8, 4) is 17.2 Å². The summed E-state index contributed by atoms with van der Waals surface area (Å²) >= 11 is 5.15. The van der Waals surface area contributed by atoms with Gasteiger partial charge in [0.05, 0.1) is 21.3 Å². The van der Waals surface area contributed by atoms with Gasteiger partial charge in [-0.25, -0.2) is 0 Å². The third-order valence-electron chi connectivity index (χ3n) is 3.32. The highest BCUT2D eigenvalue weighted by molar-refractivity contribution is 7.80. The maximum absolute atomic E-state index is 12.4. The molecule has 0 bridgehead atoms. The van der Waals surface area contributed by atoms with E-state index in [1.54, 1.807) is 36.4 Å². The van der Waals surface area contributed by atoms with Crippen LogP contribution in [0, 0.1) is 0 Å². The number of thiocarbonyl (C=S) groups is 1. The molecule has 0 aliphatic heterocycles. The number of amides is 1. The van der Waals surface area contributed by atoms with Crippen LogP contribution < -0.4 is 30.6 Å². The molecule has 4 N–H and O–H groups in total. The minimum Gasteiger partial charge on any atom is -0.493 e. The number of nitrogens with one attached hydrogen (secondary N) is 2. The second-order valence-corrected chi connectivity index (χ2v) is 5.35. The Hall–Kier alpha value is -3.00. The summed E-state index contributed by atoms with van der Waals surface area (Å²) in [4.78, 5) is 12.4. The quantitative estimate of drug-likeness (QED) is 0.556. The minimum absolute atomic E-state index is 0.156. The molecule has 0 spiro atoms. The lowest BCUT2D eigenvalue weighted by Gasteiger charge is -2.14. The van der Waals surface area contributed by atoms with Gasteiger partial charge in [-0.15, -0.1) is 0 Å². The molecule has 2 rings (SSSR count). The molecule has 7 nitrogen and oxygen atoms in total. The average Bonchev–Trinajstić information content (AvgIpc) is 2.62. The average molecular weight is 361 g/mol. The van der Waals surface area contributed by atoms with Crippen LogP contribution in [0.25, 0.3) is 0 Å². The lowest BCUT2D eigenvalue weighted by atomic mass is 10.1. The van der Waals surface area contributed by atoms with Crippen molar-refractivity contribution in [3.05, 3.63) is 42.0 Å². The van der Waals surface area contributed by atoms with Crippen LogP contribution in [-0.4, -0.2) is 32.3 Å². The maximum atomic E-state index is 12.4. The van der Waals surface area contributed by atoms with E-state index in [2.05, 4.69) is 10.6 Å². The maximum Gasteiger partial charge on any atom is 0.257 e. The molecule has 8 heteroatoms. The van der Waals surface area contributed by atoms with E-state index in [0.717, 1.165) is 0 Å². The molecule has 132 valence electrons. The standard InChI is InChI=1S/C17H19N3O4S/c1-22-13-8-10(9-14(23-2)15(13)24-3)16(21)20-17(25)19-12-6-4-11(18)5-7-12/h4-9H,18H2,1-3H3,(H2,19,20,21,25). The Balaban J connectivity index is 2.14. The number of rotatable bonds is 5. The molecule has 2 aromatic rings. The van der Waals surface area contributed by atoms with Gasteiger partial charge in [0.1, 0.15) is 0 Å². The van der Waals surface area contributed by atoms with Crippen LogP contribution in [-0.2, 0) is 0 Å². The molecule has 0 aromatic heterocycles. The molecule has 1 amide bonds. The molecule has 2 aromatic carbocycles. The lowest BCUT2D eigenvalue weighted by Crippen LogP contribution is -2.34. The van der Waals surface area contributed by atoms with Gasteiger partial charge in [0.25, 0.3) is 5.91 Å². The predicted molar refractivity (Wildman–Crippen MR) is 101 cm³/mol. The van der Waals surface area contributed by atoms with E-state index in [1.807, 2.05) is 0 Å². The molecule has 0 saturated carbocycles. The number of hydrogen-bond acceptors (Lipinski definition) is 6. The van der Waals surface area contributed by atoms with Gasteiger partial charge in [0.2, 0.25) is 5.75 Å². The molecular weight excluding hydrogens is 342 g/mol. The van der Waals surface area contributed by atoms with Gasteiger partial charge in [-0.3, -0.25) is 10.1 Å². The Morgan fingerprint density at radius 3 is 2.04 bits per heavy atom. The number of carbonyl (C=O) groups excluding carboxylic acids is 1. The van der Waals surface area contributed by atoms with E-state index in [0.29, 0.717) is 34.2 Å². The normalized spacial score (nSPS) is 9.88. The summed E-state index contributed by atoms with van der Waals surface area (Å²) in [6.07, 6.45) is 0. The first-order valence-corrected chi connectivity index (χ1v) is 7.67. The summed E-state index contributed by atoms with van der Waals surface area (Å²) in [5.41, 5.74) is 7.29. The SMILES string of the molecule is COc1cc(C(=O)NC(=S)Nc2ccc(N)cc2)cc(OC)c1OC. The van der Waals surface area contributed by atoms with E-state index >= 15 is 0 Å². The van der Waals surface area contributed by atoms with Crippen molar-refractivity contribution in [2.75, 3.05) is 32.4 Å². The first-order chi connectivity index (χ1) is 12.0. The van der Waals surface area contributed by atoms with Crippen LogP contribution in [0.1, 0.15) is 10.4 Å². The van der Waals surface area contributed by atoms with Crippen molar-refractivity contribution >= 4 is 34.6 Å². The van der Waals surface area contributed by atoms with Gasteiger partial charge in [-0.1, -0.05) is 0 Å². The predicted octanol–water partition coefficient (Wildman–Crippen LogP) is 2.42. The fourth-order valence-corrected chi connectivity index (χ4v) is 2.33. The van der Waals surface area contributed by atoms with E-state index in [1.165, 1.54) is 21.3 Å². The van der Waals surface area contributed by atoms with Gasteiger partial charge < -0.3 is 25.3 Å². The number of methoxy groups -OCH3 is 3. The summed E-state index contributed by atoms with van der Waals surface area (Å²) in [6, 6.07) is 10.1. The largest absolute Gasteiger partial charge is 0.493 e. The molecule has 0 saturated heterocycles.